The second-order valence-corrected chi connectivity index (χ2v) is 7.06. The molecule has 2 aromatic rings. The lowest BCUT2D eigenvalue weighted by Crippen LogP contribution is -2.51. The van der Waals surface area contributed by atoms with Gasteiger partial charge in [-0.1, -0.05) is 24.3 Å². The summed E-state index contributed by atoms with van der Waals surface area (Å²) in [6.07, 6.45) is 7.66. The van der Waals surface area contributed by atoms with E-state index < -0.39 is 0 Å². The molecule has 0 radical (unpaired) electrons. The Morgan fingerprint density at radius 2 is 2.12 bits per heavy atom. The average Bonchev–Trinajstić information content (AvgIpc) is 2.61. The Morgan fingerprint density at radius 1 is 1.28 bits per heavy atom. The predicted octanol–water partition coefficient (Wildman–Crippen LogP) is 3.89. The summed E-state index contributed by atoms with van der Waals surface area (Å²) in [4.78, 5) is 16.6. The summed E-state index contributed by atoms with van der Waals surface area (Å²) >= 11 is 0. The first-order valence-electron chi connectivity index (χ1n) is 8.90. The highest BCUT2D eigenvalue weighted by Crippen LogP contribution is 2.48. The number of pyridine rings is 1. The summed E-state index contributed by atoms with van der Waals surface area (Å²) in [5.41, 5.74) is 1.95. The summed E-state index contributed by atoms with van der Waals surface area (Å²) in [5.74, 6) is 0.902. The van der Waals surface area contributed by atoms with Gasteiger partial charge in [-0.25, -0.2) is 4.79 Å². The van der Waals surface area contributed by atoms with Crippen molar-refractivity contribution >= 4 is 6.03 Å². The van der Waals surface area contributed by atoms with Gasteiger partial charge in [0.2, 0.25) is 0 Å². The lowest BCUT2D eigenvalue weighted by molar-refractivity contribution is -0.0355. The Labute approximate surface area is 147 Å². The van der Waals surface area contributed by atoms with E-state index in [2.05, 4.69) is 15.6 Å². The van der Waals surface area contributed by atoms with Gasteiger partial charge in [0, 0.05) is 24.4 Å². The molecular weight excluding hydrogens is 314 g/mol. The van der Waals surface area contributed by atoms with Gasteiger partial charge >= 0.3 is 6.03 Å². The van der Waals surface area contributed by atoms with E-state index in [0.717, 1.165) is 36.1 Å². The standard InChI is InChI=1S/C20H23N3O2/c1-14(15-6-4-11-21-13-15)22-19(24)23-17-12-20(9-5-10-20)25-18-8-3-2-7-16(17)18/h2-4,6-8,11,13-14,17H,5,9-10,12H2,1H3,(H2,22,23,24). The van der Waals surface area contributed by atoms with Crippen molar-refractivity contribution in [2.45, 2.75) is 50.3 Å². The number of fused-ring (bicyclic) bond motifs is 1. The molecule has 2 heterocycles. The molecule has 1 aliphatic carbocycles. The van der Waals surface area contributed by atoms with Gasteiger partial charge in [-0.15, -0.1) is 0 Å². The summed E-state index contributed by atoms with van der Waals surface area (Å²) < 4.78 is 6.24. The molecule has 2 unspecified atom stereocenters. The minimum Gasteiger partial charge on any atom is -0.487 e. The van der Waals surface area contributed by atoms with Gasteiger partial charge in [0.1, 0.15) is 11.4 Å². The average molecular weight is 337 g/mol. The normalized spacial score (nSPS) is 21.4. The number of amides is 2. The van der Waals surface area contributed by atoms with Gasteiger partial charge < -0.3 is 15.4 Å². The third kappa shape index (κ3) is 3.18. The molecule has 2 N–H and O–H groups in total. The fourth-order valence-corrected chi connectivity index (χ4v) is 3.74. The smallest absolute Gasteiger partial charge is 0.315 e. The molecule has 0 saturated heterocycles. The zero-order valence-corrected chi connectivity index (χ0v) is 14.4. The van der Waals surface area contributed by atoms with Crippen LogP contribution in [0, 0.1) is 0 Å². The van der Waals surface area contributed by atoms with Crippen LogP contribution >= 0.6 is 0 Å². The van der Waals surface area contributed by atoms with Gasteiger partial charge in [-0.05, 0) is 43.9 Å². The number of para-hydroxylation sites is 1. The Balaban J connectivity index is 1.47. The molecule has 130 valence electrons. The van der Waals surface area contributed by atoms with Crippen LogP contribution in [0.15, 0.2) is 48.8 Å². The Bertz CT molecular complexity index is 759. The SMILES string of the molecule is CC(NC(=O)NC1CC2(CCC2)Oc2ccccc21)c1cccnc1. The topological polar surface area (TPSA) is 63.2 Å². The molecule has 0 bridgehead atoms. The number of urea groups is 1. The van der Waals surface area contributed by atoms with Gasteiger partial charge in [0.15, 0.2) is 0 Å². The van der Waals surface area contributed by atoms with E-state index in [-0.39, 0.29) is 23.7 Å². The first kappa shape index (κ1) is 15.9. The lowest BCUT2D eigenvalue weighted by atomic mass is 9.73. The molecule has 5 nitrogen and oxygen atoms in total. The van der Waals surface area contributed by atoms with Crippen LogP contribution in [0.25, 0.3) is 0 Å². The van der Waals surface area contributed by atoms with Crippen LogP contribution in [-0.4, -0.2) is 16.6 Å². The number of hydrogen-bond acceptors (Lipinski definition) is 3. The number of hydrogen-bond donors (Lipinski definition) is 2. The van der Waals surface area contributed by atoms with Crippen LogP contribution in [-0.2, 0) is 0 Å². The molecule has 2 aliphatic rings. The largest absolute Gasteiger partial charge is 0.487 e. The number of nitrogens with zero attached hydrogens (tertiary/aromatic N) is 1. The fourth-order valence-electron chi connectivity index (χ4n) is 3.74. The van der Waals surface area contributed by atoms with Crippen molar-refractivity contribution in [1.29, 1.82) is 0 Å². The zero-order valence-electron chi connectivity index (χ0n) is 14.4. The maximum absolute atomic E-state index is 12.5. The number of nitrogens with one attached hydrogen (secondary N) is 2. The van der Waals surface area contributed by atoms with Crippen LogP contribution in [0.4, 0.5) is 4.79 Å². The highest BCUT2D eigenvalue weighted by molar-refractivity contribution is 5.75. The predicted molar refractivity (Wildman–Crippen MR) is 95.3 cm³/mol. The van der Waals surface area contributed by atoms with Crippen molar-refractivity contribution in [2.24, 2.45) is 0 Å². The van der Waals surface area contributed by atoms with Crippen molar-refractivity contribution < 1.29 is 9.53 Å². The first-order chi connectivity index (χ1) is 12.2. The molecule has 1 aromatic heterocycles. The number of benzene rings is 1. The minimum atomic E-state index is -0.160. The van der Waals surface area contributed by atoms with E-state index in [1.165, 1.54) is 6.42 Å². The number of ether oxygens (including phenoxy) is 1. The summed E-state index contributed by atoms with van der Waals surface area (Å²) in [5, 5.41) is 6.16. The van der Waals surface area contributed by atoms with E-state index in [1.807, 2.05) is 43.3 Å². The van der Waals surface area contributed by atoms with Gasteiger partial charge in [-0.2, -0.15) is 0 Å². The number of carbonyl (C=O) groups excluding carboxylic acids is 1. The second kappa shape index (κ2) is 6.39. The van der Waals surface area contributed by atoms with Crippen LogP contribution in [0.5, 0.6) is 5.75 Å². The van der Waals surface area contributed by atoms with Crippen molar-refractivity contribution in [2.75, 3.05) is 0 Å². The van der Waals surface area contributed by atoms with E-state index in [1.54, 1.807) is 12.4 Å². The van der Waals surface area contributed by atoms with Gasteiger partial charge in [0.05, 0.1) is 12.1 Å². The monoisotopic (exact) mass is 337 g/mol. The Morgan fingerprint density at radius 3 is 2.84 bits per heavy atom. The maximum Gasteiger partial charge on any atom is 0.315 e. The molecule has 2 amide bonds. The Kier molecular flexibility index (Phi) is 4.07. The molecule has 4 rings (SSSR count). The number of rotatable bonds is 3. The van der Waals surface area contributed by atoms with Crippen LogP contribution < -0.4 is 15.4 Å². The highest BCUT2D eigenvalue weighted by atomic mass is 16.5. The van der Waals surface area contributed by atoms with Crippen molar-refractivity contribution in [3.8, 4) is 5.75 Å². The van der Waals surface area contributed by atoms with E-state index in [9.17, 15) is 4.79 Å². The second-order valence-electron chi connectivity index (χ2n) is 7.06. The van der Waals surface area contributed by atoms with Gasteiger partial charge in [-0.3, -0.25) is 4.98 Å². The molecule has 1 fully saturated rings. The first-order valence-corrected chi connectivity index (χ1v) is 8.90. The molecule has 1 aliphatic heterocycles. The van der Waals surface area contributed by atoms with Crippen LogP contribution in [0.1, 0.15) is 55.8 Å². The summed E-state index contributed by atoms with van der Waals surface area (Å²) in [6, 6.07) is 11.6. The fraction of sp³-hybridized carbons (Fsp3) is 0.400. The van der Waals surface area contributed by atoms with Crippen molar-refractivity contribution in [3.05, 3.63) is 59.9 Å². The lowest BCUT2D eigenvalue weighted by Gasteiger charge is -2.48. The number of aromatic nitrogens is 1. The number of carbonyl (C=O) groups is 1. The van der Waals surface area contributed by atoms with E-state index >= 15 is 0 Å². The summed E-state index contributed by atoms with van der Waals surface area (Å²) in [7, 11) is 0. The van der Waals surface area contributed by atoms with Crippen molar-refractivity contribution in [3.63, 3.8) is 0 Å². The molecule has 1 saturated carbocycles. The molecule has 5 heteroatoms. The van der Waals surface area contributed by atoms with E-state index in [4.69, 9.17) is 4.74 Å². The van der Waals surface area contributed by atoms with Crippen molar-refractivity contribution in [1.82, 2.24) is 15.6 Å². The van der Waals surface area contributed by atoms with Gasteiger partial charge in [0.25, 0.3) is 0 Å². The summed E-state index contributed by atoms with van der Waals surface area (Å²) in [6.45, 7) is 1.96. The highest BCUT2D eigenvalue weighted by Gasteiger charge is 2.45. The molecule has 25 heavy (non-hydrogen) atoms. The molecular formula is C20H23N3O2. The zero-order chi connectivity index (χ0) is 17.3. The molecule has 1 aromatic carbocycles. The minimum absolute atomic E-state index is 0.0219. The molecule has 1 spiro atoms. The van der Waals surface area contributed by atoms with Crippen LogP contribution in [0.3, 0.4) is 0 Å². The van der Waals surface area contributed by atoms with Crippen LogP contribution in [0.2, 0.25) is 0 Å². The van der Waals surface area contributed by atoms with E-state index in [0.29, 0.717) is 0 Å². The quantitative estimate of drug-likeness (QED) is 0.893. The Hall–Kier alpha value is -2.56. The maximum atomic E-state index is 12.5. The molecule has 2 atom stereocenters. The third-order valence-electron chi connectivity index (χ3n) is 5.30. The third-order valence-corrected chi connectivity index (χ3v) is 5.30.